The van der Waals surface area contributed by atoms with Gasteiger partial charge in [-0.25, -0.2) is 4.98 Å². The molecule has 3 heterocycles. The molecule has 19 heavy (non-hydrogen) atoms. The van der Waals surface area contributed by atoms with Crippen LogP contribution in [0.4, 0.5) is 0 Å². The zero-order valence-electron chi connectivity index (χ0n) is 11.0. The van der Waals surface area contributed by atoms with Crippen molar-refractivity contribution in [1.82, 2.24) is 9.88 Å². The largest absolute Gasteiger partial charge is 0.300 e. The van der Waals surface area contributed by atoms with Crippen LogP contribution < -0.4 is 0 Å². The molecule has 0 amide bonds. The van der Waals surface area contributed by atoms with E-state index in [-0.39, 0.29) is 11.7 Å². The van der Waals surface area contributed by atoms with E-state index in [4.69, 9.17) is 5.26 Å². The lowest BCUT2D eigenvalue weighted by Gasteiger charge is -2.35. The second kappa shape index (κ2) is 4.75. The zero-order valence-corrected chi connectivity index (χ0v) is 11.0. The molecule has 2 bridgehead atoms. The number of carbonyl (C=O) groups is 1. The van der Waals surface area contributed by atoms with E-state index in [0.717, 1.165) is 12.8 Å². The molecule has 1 aromatic heterocycles. The number of piperidine rings is 1. The summed E-state index contributed by atoms with van der Waals surface area (Å²) in [7, 11) is 2.16. The summed E-state index contributed by atoms with van der Waals surface area (Å²) < 4.78 is 0. The molecule has 3 rings (SSSR count). The third-order valence-electron chi connectivity index (χ3n) is 4.59. The Morgan fingerprint density at radius 3 is 2.68 bits per heavy atom. The summed E-state index contributed by atoms with van der Waals surface area (Å²) in [5.41, 5.74) is 0.773. The fourth-order valence-electron chi connectivity index (χ4n) is 3.47. The highest BCUT2D eigenvalue weighted by Crippen LogP contribution is 2.38. The summed E-state index contributed by atoms with van der Waals surface area (Å²) in [5, 5.41) is 8.85. The number of Topliss-reactive ketones (excluding diaryl/α,β-unsaturated/α-hetero) is 1. The Morgan fingerprint density at radius 2 is 2.05 bits per heavy atom. The van der Waals surface area contributed by atoms with Crippen molar-refractivity contribution in [3.05, 3.63) is 29.6 Å². The maximum absolute atomic E-state index is 12.5. The Balaban J connectivity index is 1.80. The number of pyridine rings is 1. The quantitative estimate of drug-likeness (QED) is 0.758. The monoisotopic (exact) mass is 255 g/mol. The summed E-state index contributed by atoms with van der Waals surface area (Å²) in [4.78, 5) is 19.1. The minimum Gasteiger partial charge on any atom is -0.300 e. The van der Waals surface area contributed by atoms with E-state index in [0.29, 0.717) is 23.5 Å². The van der Waals surface area contributed by atoms with Gasteiger partial charge in [-0.15, -0.1) is 0 Å². The van der Waals surface area contributed by atoms with Crippen molar-refractivity contribution < 1.29 is 4.79 Å². The smallest absolute Gasteiger partial charge is 0.184 e. The highest BCUT2D eigenvalue weighted by atomic mass is 16.1. The first-order chi connectivity index (χ1) is 9.19. The summed E-state index contributed by atoms with van der Waals surface area (Å²) in [6.07, 6.45) is 4.28. The SMILES string of the molecule is CN1C2CCC1CC(C(=O)c1cccc(C#N)n1)C2. The standard InChI is InChI=1S/C15H17N3O/c1-18-12-5-6-13(18)8-10(7-12)15(19)14-4-2-3-11(9-16)17-14/h2-4,10,12-13H,5-8H2,1H3. The third kappa shape index (κ3) is 2.15. The van der Waals surface area contributed by atoms with Gasteiger partial charge in [0.05, 0.1) is 0 Å². The maximum Gasteiger partial charge on any atom is 0.184 e. The number of ketones is 1. The Labute approximate surface area is 113 Å². The van der Waals surface area contributed by atoms with Crippen LogP contribution in [-0.4, -0.2) is 34.8 Å². The number of rotatable bonds is 2. The second-order valence-corrected chi connectivity index (χ2v) is 5.60. The van der Waals surface area contributed by atoms with Crippen molar-refractivity contribution in [3.8, 4) is 6.07 Å². The fraction of sp³-hybridized carbons (Fsp3) is 0.533. The van der Waals surface area contributed by atoms with Crippen LogP contribution in [0.15, 0.2) is 18.2 Å². The van der Waals surface area contributed by atoms with Gasteiger partial charge in [-0.3, -0.25) is 4.79 Å². The number of hydrogen-bond acceptors (Lipinski definition) is 4. The van der Waals surface area contributed by atoms with Crippen molar-refractivity contribution in [3.63, 3.8) is 0 Å². The number of hydrogen-bond donors (Lipinski definition) is 0. The van der Waals surface area contributed by atoms with Crippen LogP contribution in [0.25, 0.3) is 0 Å². The first-order valence-electron chi connectivity index (χ1n) is 6.82. The van der Waals surface area contributed by atoms with Crippen LogP contribution in [0.5, 0.6) is 0 Å². The average molecular weight is 255 g/mol. The third-order valence-corrected chi connectivity index (χ3v) is 4.59. The van der Waals surface area contributed by atoms with Gasteiger partial charge in [-0.05, 0) is 44.9 Å². The van der Waals surface area contributed by atoms with Crippen LogP contribution in [0, 0.1) is 17.2 Å². The van der Waals surface area contributed by atoms with E-state index < -0.39 is 0 Å². The van der Waals surface area contributed by atoms with E-state index in [9.17, 15) is 4.79 Å². The predicted molar refractivity (Wildman–Crippen MR) is 70.6 cm³/mol. The molecule has 2 unspecified atom stereocenters. The van der Waals surface area contributed by atoms with Crippen molar-refractivity contribution in [2.75, 3.05) is 7.05 Å². The van der Waals surface area contributed by atoms with Crippen LogP contribution in [0.1, 0.15) is 41.9 Å². The zero-order chi connectivity index (χ0) is 13.4. The number of carbonyl (C=O) groups excluding carboxylic acids is 1. The van der Waals surface area contributed by atoms with Gasteiger partial charge in [-0.2, -0.15) is 5.26 Å². The van der Waals surface area contributed by atoms with Gasteiger partial charge in [0, 0.05) is 18.0 Å². The fourth-order valence-corrected chi connectivity index (χ4v) is 3.47. The van der Waals surface area contributed by atoms with Gasteiger partial charge in [0.25, 0.3) is 0 Å². The normalized spacial score (nSPS) is 30.0. The summed E-state index contributed by atoms with van der Waals surface area (Å²) in [5.74, 6) is 0.192. The van der Waals surface area contributed by atoms with Gasteiger partial charge in [0.2, 0.25) is 0 Å². The molecule has 2 aliphatic rings. The lowest BCUT2D eigenvalue weighted by Crippen LogP contribution is -2.42. The predicted octanol–water partition coefficient (Wildman–Crippen LogP) is 2.01. The van der Waals surface area contributed by atoms with Gasteiger partial charge >= 0.3 is 0 Å². The highest BCUT2D eigenvalue weighted by Gasteiger charge is 2.41. The molecule has 2 atom stereocenters. The first-order valence-corrected chi connectivity index (χ1v) is 6.82. The van der Waals surface area contributed by atoms with E-state index in [1.807, 2.05) is 6.07 Å². The van der Waals surface area contributed by atoms with Crippen LogP contribution in [0.3, 0.4) is 0 Å². The van der Waals surface area contributed by atoms with Crippen molar-refractivity contribution in [1.29, 1.82) is 5.26 Å². The molecule has 1 aromatic rings. The van der Waals surface area contributed by atoms with Gasteiger partial charge in [-0.1, -0.05) is 6.07 Å². The molecular formula is C15H17N3O. The minimum atomic E-state index is 0.0788. The molecule has 0 radical (unpaired) electrons. The summed E-state index contributed by atoms with van der Waals surface area (Å²) in [6, 6.07) is 8.18. The van der Waals surface area contributed by atoms with Crippen LogP contribution in [0.2, 0.25) is 0 Å². The van der Waals surface area contributed by atoms with Gasteiger partial charge in [0.15, 0.2) is 5.78 Å². The lowest BCUT2D eigenvalue weighted by molar-refractivity contribution is 0.0762. The van der Waals surface area contributed by atoms with E-state index in [1.165, 1.54) is 12.8 Å². The Hall–Kier alpha value is -1.73. The number of nitriles is 1. The molecule has 0 aromatic carbocycles. The first kappa shape index (κ1) is 12.3. The number of fused-ring (bicyclic) bond motifs is 2. The van der Waals surface area contributed by atoms with Crippen molar-refractivity contribution in [2.24, 2.45) is 5.92 Å². The molecule has 0 spiro atoms. The summed E-state index contributed by atoms with van der Waals surface area (Å²) in [6.45, 7) is 0. The summed E-state index contributed by atoms with van der Waals surface area (Å²) >= 11 is 0. The minimum absolute atomic E-state index is 0.0788. The van der Waals surface area contributed by atoms with Gasteiger partial charge < -0.3 is 4.90 Å². The Bertz CT molecular complexity index is 535. The van der Waals surface area contributed by atoms with E-state index >= 15 is 0 Å². The lowest BCUT2D eigenvalue weighted by atomic mass is 9.86. The van der Waals surface area contributed by atoms with Crippen LogP contribution >= 0.6 is 0 Å². The molecule has 98 valence electrons. The Morgan fingerprint density at radius 1 is 1.37 bits per heavy atom. The molecule has 2 saturated heterocycles. The molecule has 0 saturated carbocycles. The van der Waals surface area contributed by atoms with Crippen molar-refractivity contribution >= 4 is 5.78 Å². The molecular weight excluding hydrogens is 238 g/mol. The maximum atomic E-state index is 12.5. The van der Waals surface area contributed by atoms with E-state index in [2.05, 4.69) is 16.9 Å². The highest BCUT2D eigenvalue weighted by molar-refractivity contribution is 5.96. The number of nitrogens with zero attached hydrogens (tertiary/aromatic N) is 3. The number of aromatic nitrogens is 1. The molecule has 4 nitrogen and oxygen atoms in total. The molecule has 2 fully saturated rings. The van der Waals surface area contributed by atoms with Crippen molar-refractivity contribution in [2.45, 2.75) is 37.8 Å². The molecule has 2 aliphatic heterocycles. The van der Waals surface area contributed by atoms with Crippen LogP contribution in [-0.2, 0) is 0 Å². The van der Waals surface area contributed by atoms with Gasteiger partial charge in [0.1, 0.15) is 17.5 Å². The average Bonchev–Trinajstić information content (AvgIpc) is 2.68. The molecule has 4 heteroatoms. The molecule has 0 N–H and O–H groups in total. The molecule has 0 aliphatic carbocycles. The topological polar surface area (TPSA) is 57.0 Å². The van der Waals surface area contributed by atoms with E-state index in [1.54, 1.807) is 18.2 Å². The Kier molecular flexibility index (Phi) is 3.08. The second-order valence-electron chi connectivity index (χ2n) is 5.60.